The van der Waals surface area contributed by atoms with Crippen molar-refractivity contribution < 1.29 is 9.47 Å². The number of ether oxygens (including phenoxy) is 2. The van der Waals surface area contributed by atoms with Gasteiger partial charge in [-0.1, -0.05) is 18.2 Å². The summed E-state index contributed by atoms with van der Waals surface area (Å²) in [6.45, 7) is 11.9. The van der Waals surface area contributed by atoms with Gasteiger partial charge in [0.2, 0.25) is 0 Å². The van der Waals surface area contributed by atoms with E-state index < -0.39 is 0 Å². The first-order chi connectivity index (χ1) is 11.4. The highest BCUT2D eigenvalue weighted by molar-refractivity contribution is 5.36. The predicted molar refractivity (Wildman–Crippen MR) is 92.1 cm³/mol. The van der Waals surface area contributed by atoms with Crippen LogP contribution in [0, 0.1) is 0 Å². The van der Waals surface area contributed by atoms with Crippen molar-refractivity contribution in [2.75, 3.05) is 65.6 Å². The van der Waals surface area contributed by atoms with E-state index in [-0.39, 0.29) is 0 Å². The Morgan fingerprint density at radius 2 is 1.87 bits per heavy atom. The van der Waals surface area contributed by atoms with Crippen molar-refractivity contribution >= 4 is 0 Å². The van der Waals surface area contributed by atoms with Gasteiger partial charge in [-0.15, -0.1) is 0 Å². The number of nitrogens with one attached hydrogen (secondary N) is 1. The number of nitrogens with zero attached hydrogens (tertiary/aromatic N) is 2. The average Bonchev–Trinajstić information content (AvgIpc) is 2.62. The molecule has 0 amide bonds. The van der Waals surface area contributed by atoms with Crippen molar-refractivity contribution in [2.45, 2.75) is 13.0 Å². The molecule has 23 heavy (non-hydrogen) atoms. The van der Waals surface area contributed by atoms with E-state index in [2.05, 4.69) is 46.3 Å². The second kappa shape index (κ2) is 8.64. The van der Waals surface area contributed by atoms with Crippen LogP contribution in [0.2, 0.25) is 0 Å². The summed E-state index contributed by atoms with van der Waals surface area (Å²) in [4.78, 5) is 5.13. The second-order valence-electron chi connectivity index (χ2n) is 6.19. The Morgan fingerprint density at radius 1 is 1.13 bits per heavy atom. The molecule has 3 rings (SSSR count). The number of para-hydroxylation sites is 1. The van der Waals surface area contributed by atoms with Gasteiger partial charge in [-0.3, -0.25) is 9.80 Å². The lowest BCUT2D eigenvalue weighted by atomic mass is 10.0. The Bertz CT molecular complexity index is 471. The van der Waals surface area contributed by atoms with Gasteiger partial charge in [-0.05, 0) is 13.0 Å². The molecular formula is C18H29N3O2. The van der Waals surface area contributed by atoms with Crippen molar-refractivity contribution in [3.8, 4) is 5.75 Å². The number of hydrogen-bond donors (Lipinski definition) is 1. The molecule has 0 bridgehead atoms. The number of benzene rings is 1. The highest BCUT2D eigenvalue weighted by atomic mass is 16.5. The predicted octanol–water partition coefficient (Wildman–Crippen LogP) is 1.36. The summed E-state index contributed by atoms with van der Waals surface area (Å²) in [5, 5.41) is 3.46. The van der Waals surface area contributed by atoms with Crippen molar-refractivity contribution in [3.63, 3.8) is 0 Å². The molecule has 2 fully saturated rings. The molecular weight excluding hydrogens is 290 g/mol. The summed E-state index contributed by atoms with van der Waals surface area (Å²) >= 11 is 0. The third-order valence-electron chi connectivity index (χ3n) is 4.71. The molecule has 1 aromatic rings. The van der Waals surface area contributed by atoms with Gasteiger partial charge in [-0.25, -0.2) is 0 Å². The number of piperazine rings is 1. The average molecular weight is 319 g/mol. The van der Waals surface area contributed by atoms with E-state index in [0.717, 1.165) is 64.8 Å². The van der Waals surface area contributed by atoms with Gasteiger partial charge in [-0.2, -0.15) is 0 Å². The zero-order valence-electron chi connectivity index (χ0n) is 14.2. The van der Waals surface area contributed by atoms with Crippen LogP contribution in [0.5, 0.6) is 5.75 Å². The summed E-state index contributed by atoms with van der Waals surface area (Å²) in [5.41, 5.74) is 1.32. The minimum atomic E-state index is 0.387. The van der Waals surface area contributed by atoms with Crippen molar-refractivity contribution in [3.05, 3.63) is 29.8 Å². The molecule has 0 aliphatic carbocycles. The molecule has 2 heterocycles. The van der Waals surface area contributed by atoms with Crippen LogP contribution in [0.25, 0.3) is 0 Å². The van der Waals surface area contributed by atoms with Crippen LogP contribution in [0.3, 0.4) is 0 Å². The molecule has 0 radical (unpaired) electrons. The first-order valence-corrected chi connectivity index (χ1v) is 8.85. The topological polar surface area (TPSA) is 37.0 Å². The van der Waals surface area contributed by atoms with Gasteiger partial charge in [0, 0.05) is 51.4 Å². The Hall–Kier alpha value is -1.14. The van der Waals surface area contributed by atoms with E-state index in [1.165, 1.54) is 5.56 Å². The molecule has 0 saturated carbocycles. The lowest BCUT2D eigenvalue weighted by Gasteiger charge is -2.39. The molecule has 1 N–H and O–H groups in total. The smallest absolute Gasteiger partial charge is 0.124 e. The Labute approximate surface area is 139 Å². The summed E-state index contributed by atoms with van der Waals surface area (Å²) in [5.74, 6) is 1.03. The van der Waals surface area contributed by atoms with Crippen LogP contribution >= 0.6 is 0 Å². The zero-order chi connectivity index (χ0) is 15.9. The van der Waals surface area contributed by atoms with Crippen LogP contribution in [-0.4, -0.2) is 75.4 Å². The molecule has 2 aliphatic heterocycles. The van der Waals surface area contributed by atoms with Crippen molar-refractivity contribution in [1.82, 2.24) is 15.1 Å². The minimum Gasteiger partial charge on any atom is -0.494 e. The maximum Gasteiger partial charge on any atom is 0.124 e. The number of rotatable bonds is 6. The summed E-state index contributed by atoms with van der Waals surface area (Å²) in [6.07, 6.45) is 0. The normalized spacial score (nSPS) is 22.0. The SMILES string of the molecule is CCOc1ccccc1C(CN1CCOCC1)N1CCNCC1. The van der Waals surface area contributed by atoms with Gasteiger partial charge >= 0.3 is 0 Å². The van der Waals surface area contributed by atoms with E-state index in [1.54, 1.807) is 0 Å². The maximum atomic E-state index is 5.91. The fourth-order valence-corrected chi connectivity index (χ4v) is 3.48. The monoisotopic (exact) mass is 319 g/mol. The molecule has 5 heteroatoms. The fraction of sp³-hybridized carbons (Fsp3) is 0.667. The molecule has 2 aliphatic rings. The Kier molecular flexibility index (Phi) is 6.28. The maximum absolute atomic E-state index is 5.91. The van der Waals surface area contributed by atoms with E-state index >= 15 is 0 Å². The highest BCUT2D eigenvalue weighted by Crippen LogP contribution is 2.30. The highest BCUT2D eigenvalue weighted by Gasteiger charge is 2.27. The van der Waals surface area contributed by atoms with Gasteiger partial charge in [0.05, 0.1) is 25.9 Å². The first kappa shape index (κ1) is 16.7. The summed E-state index contributed by atoms with van der Waals surface area (Å²) in [7, 11) is 0. The summed E-state index contributed by atoms with van der Waals surface area (Å²) in [6, 6.07) is 8.92. The van der Waals surface area contributed by atoms with Gasteiger partial charge in [0.25, 0.3) is 0 Å². The largest absolute Gasteiger partial charge is 0.494 e. The van der Waals surface area contributed by atoms with E-state index in [1.807, 2.05) is 0 Å². The van der Waals surface area contributed by atoms with Crippen LogP contribution in [0.15, 0.2) is 24.3 Å². The van der Waals surface area contributed by atoms with Gasteiger partial charge < -0.3 is 14.8 Å². The van der Waals surface area contributed by atoms with Crippen LogP contribution in [-0.2, 0) is 4.74 Å². The molecule has 2 saturated heterocycles. The molecule has 128 valence electrons. The Morgan fingerprint density at radius 3 is 2.61 bits per heavy atom. The van der Waals surface area contributed by atoms with Crippen molar-refractivity contribution in [1.29, 1.82) is 0 Å². The summed E-state index contributed by atoms with van der Waals surface area (Å²) < 4.78 is 11.4. The molecule has 5 nitrogen and oxygen atoms in total. The molecule has 0 aromatic heterocycles. The van der Waals surface area contributed by atoms with Crippen molar-refractivity contribution in [2.24, 2.45) is 0 Å². The zero-order valence-corrected chi connectivity index (χ0v) is 14.2. The minimum absolute atomic E-state index is 0.387. The molecule has 1 aromatic carbocycles. The quantitative estimate of drug-likeness (QED) is 0.857. The number of hydrogen-bond acceptors (Lipinski definition) is 5. The lowest BCUT2D eigenvalue weighted by Crippen LogP contribution is -2.49. The van der Waals surface area contributed by atoms with Gasteiger partial charge in [0.1, 0.15) is 5.75 Å². The van der Waals surface area contributed by atoms with Gasteiger partial charge in [0.15, 0.2) is 0 Å². The standard InChI is InChI=1S/C18H29N3O2/c1-2-23-18-6-4-3-5-16(18)17(21-9-7-19-8-10-21)15-20-11-13-22-14-12-20/h3-6,17,19H,2,7-15H2,1H3. The van der Waals surface area contributed by atoms with Crippen LogP contribution < -0.4 is 10.1 Å². The number of morpholine rings is 1. The van der Waals surface area contributed by atoms with Crippen LogP contribution in [0.4, 0.5) is 0 Å². The second-order valence-corrected chi connectivity index (χ2v) is 6.19. The molecule has 0 spiro atoms. The molecule has 1 unspecified atom stereocenters. The van der Waals surface area contributed by atoms with E-state index in [4.69, 9.17) is 9.47 Å². The third-order valence-corrected chi connectivity index (χ3v) is 4.71. The fourth-order valence-electron chi connectivity index (χ4n) is 3.48. The van der Waals surface area contributed by atoms with E-state index in [9.17, 15) is 0 Å². The third kappa shape index (κ3) is 4.44. The first-order valence-electron chi connectivity index (χ1n) is 8.85. The van der Waals surface area contributed by atoms with Crippen LogP contribution in [0.1, 0.15) is 18.5 Å². The van der Waals surface area contributed by atoms with E-state index in [0.29, 0.717) is 12.6 Å². The molecule has 1 atom stereocenters. The Balaban J connectivity index is 1.81. The lowest BCUT2D eigenvalue weighted by molar-refractivity contribution is 0.0203.